The maximum absolute atomic E-state index is 5.73. The Balaban J connectivity index is 2.05. The summed E-state index contributed by atoms with van der Waals surface area (Å²) in [5.74, 6) is 0.999. The fourth-order valence-electron chi connectivity index (χ4n) is 2.05. The van der Waals surface area contributed by atoms with Gasteiger partial charge in [0, 0.05) is 0 Å². The van der Waals surface area contributed by atoms with Crippen LogP contribution in [0.3, 0.4) is 0 Å². The third-order valence-electron chi connectivity index (χ3n) is 3.27. The van der Waals surface area contributed by atoms with E-state index >= 15 is 0 Å². The van der Waals surface area contributed by atoms with Gasteiger partial charge >= 0.3 is 0 Å². The molecule has 0 bridgehead atoms. The molecule has 1 rings (SSSR count). The average molecular weight is 249 g/mol. The van der Waals surface area contributed by atoms with Crippen molar-refractivity contribution in [1.29, 1.82) is 0 Å². The quantitative estimate of drug-likeness (QED) is 0.616. The van der Waals surface area contributed by atoms with Crippen LogP contribution < -0.4 is 4.74 Å². The van der Waals surface area contributed by atoms with Crippen molar-refractivity contribution >= 4 is 0 Å². The molecule has 0 saturated carbocycles. The molecule has 0 amide bonds. The number of rotatable bonds is 9. The lowest BCUT2D eigenvalue weighted by atomic mass is 10.2. The highest BCUT2D eigenvalue weighted by Gasteiger charge is 1.98. The van der Waals surface area contributed by atoms with Crippen LogP contribution in [0.2, 0.25) is 0 Å². The second kappa shape index (κ2) is 8.98. The van der Waals surface area contributed by atoms with Gasteiger partial charge in [0.1, 0.15) is 5.75 Å². The van der Waals surface area contributed by atoms with E-state index in [4.69, 9.17) is 4.74 Å². The van der Waals surface area contributed by atoms with E-state index in [0.29, 0.717) is 0 Å². The number of nitrogens with zero attached hydrogens (tertiary/aromatic N) is 1. The molecular weight excluding hydrogens is 222 g/mol. The maximum Gasteiger partial charge on any atom is 0.119 e. The minimum atomic E-state index is 0.835. The average Bonchev–Trinajstić information content (AvgIpc) is 2.38. The summed E-state index contributed by atoms with van der Waals surface area (Å²) in [5.41, 5.74) is 1.26. The van der Waals surface area contributed by atoms with Crippen molar-refractivity contribution in [2.75, 3.05) is 26.2 Å². The predicted molar refractivity (Wildman–Crippen MR) is 78.3 cm³/mol. The largest absolute Gasteiger partial charge is 0.494 e. The van der Waals surface area contributed by atoms with Gasteiger partial charge in [-0.3, -0.25) is 0 Å². The first-order chi connectivity index (χ1) is 8.76. The van der Waals surface area contributed by atoms with Crippen LogP contribution in [0.15, 0.2) is 24.3 Å². The third-order valence-corrected chi connectivity index (χ3v) is 3.27. The molecule has 2 nitrogen and oxygen atoms in total. The number of ether oxygens (including phenoxy) is 1. The zero-order valence-electron chi connectivity index (χ0n) is 12.1. The molecule has 0 atom stereocenters. The summed E-state index contributed by atoms with van der Waals surface area (Å²) < 4.78 is 5.73. The van der Waals surface area contributed by atoms with E-state index in [0.717, 1.165) is 31.9 Å². The highest BCUT2D eigenvalue weighted by molar-refractivity contribution is 5.27. The van der Waals surface area contributed by atoms with Crippen LogP contribution in [0.4, 0.5) is 0 Å². The van der Waals surface area contributed by atoms with Crippen molar-refractivity contribution in [1.82, 2.24) is 4.90 Å². The Kier molecular flexibility index (Phi) is 7.51. The lowest BCUT2D eigenvalue weighted by Gasteiger charge is -2.17. The predicted octanol–water partition coefficient (Wildman–Crippen LogP) is 3.89. The van der Waals surface area contributed by atoms with Gasteiger partial charge in [-0.25, -0.2) is 0 Å². The summed E-state index contributed by atoms with van der Waals surface area (Å²) in [7, 11) is 0. The molecule has 0 aromatic heterocycles. The Bertz CT molecular complexity index is 321. The van der Waals surface area contributed by atoms with Crippen molar-refractivity contribution in [3.63, 3.8) is 0 Å². The molecule has 0 aliphatic heterocycles. The summed E-state index contributed by atoms with van der Waals surface area (Å²) in [4.78, 5) is 2.47. The van der Waals surface area contributed by atoms with Crippen molar-refractivity contribution < 1.29 is 4.74 Å². The summed E-state index contributed by atoms with van der Waals surface area (Å²) in [6, 6.07) is 8.26. The summed E-state index contributed by atoms with van der Waals surface area (Å²) in [5, 5.41) is 0. The van der Waals surface area contributed by atoms with Crippen LogP contribution in [0, 0.1) is 6.92 Å². The highest BCUT2D eigenvalue weighted by Crippen LogP contribution is 2.12. The lowest BCUT2D eigenvalue weighted by Crippen LogP contribution is -2.23. The van der Waals surface area contributed by atoms with Crippen LogP contribution >= 0.6 is 0 Å². The fourth-order valence-corrected chi connectivity index (χ4v) is 2.05. The van der Waals surface area contributed by atoms with Gasteiger partial charge in [0.25, 0.3) is 0 Å². The van der Waals surface area contributed by atoms with Gasteiger partial charge in [0.05, 0.1) is 6.61 Å². The maximum atomic E-state index is 5.73. The smallest absolute Gasteiger partial charge is 0.119 e. The number of hydrogen-bond acceptors (Lipinski definition) is 2. The van der Waals surface area contributed by atoms with Crippen molar-refractivity contribution in [3.05, 3.63) is 29.8 Å². The Morgan fingerprint density at radius 2 is 1.83 bits per heavy atom. The topological polar surface area (TPSA) is 12.5 Å². The molecule has 0 heterocycles. The standard InChI is InChI=1S/C16H27NO/c1-4-17(5-2)12-7-6-8-13-18-16-11-9-10-15(3)14-16/h9-11,14H,4-8,12-13H2,1-3H3. The number of hydrogen-bond donors (Lipinski definition) is 0. The molecule has 0 spiro atoms. The first kappa shape index (κ1) is 15.0. The van der Waals surface area contributed by atoms with Gasteiger partial charge in [0.15, 0.2) is 0 Å². The van der Waals surface area contributed by atoms with Crippen LogP contribution in [0.5, 0.6) is 5.75 Å². The first-order valence-corrected chi connectivity index (χ1v) is 7.18. The lowest BCUT2D eigenvalue weighted by molar-refractivity contribution is 0.277. The van der Waals surface area contributed by atoms with Crippen LogP contribution in [0.25, 0.3) is 0 Å². The molecule has 0 radical (unpaired) electrons. The first-order valence-electron chi connectivity index (χ1n) is 7.18. The molecular formula is C16H27NO. The molecule has 0 aliphatic rings. The van der Waals surface area contributed by atoms with E-state index in [1.54, 1.807) is 0 Å². The van der Waals surface area contributed by atoms with Gasteiger partial charge in [-0.05, 0) is 63.5 Å². The van der Waals surface area contributed by atoms with Crippen LogP contribution in [0.1, 0.15) is 38.7 Å². The van der Waals surface area contributed by atoms with Gasteiger partial charge in [0.2, 0.25) is 0 Å². The summed E-state index contributed by atoms with van der Waals surface area (Å²) in [6.07, 6.45) is 3.68. The van der Waals surface area contributed by atoms with E-state index in [2.05, 4.69) is 37.8 Å². The van der Waals surface area contributed by atoms with E-state index in [1.165, 1.54) is 24.9 Å². The normalized spacial score (nSPS) is 10.9. The molecule has 0 N–H and O–H groups in total. The molecule has 0 saturated heterocycles. The summed E-state index contributed by atoms with van der Waals surface area (Å²) in [6.45, 7) is 10.9. The zero-order valence-corrected chi connectivity index (χ0v) is 12.1. The molecule has 1 aromatic carbocycles. The molecule has 102 valence electrons. The van der Waals surface area contributed by atoms with Crippen LogP contribution in [-0.2, 0) is 0 Å². The molecule has 2 heteroatoms. The molecule has 0 aliphatic carbocycles. The number of aryl methyl sites for hydroxylation is 1. The SMILES string of the molecule is CCN(CC)CCCCCOc1cccc(C)c1. The molecule has 0 fully saturated rings. The van der Waals surface area contributed by atoms with E-state index in [1.807, 2.05) is 12.1 Å². The van der Waals surface area contributed by atoms with Crippen molar-refractivity contribution in [3.8, 4) is 5.75 Å². The minimum Gasteiger partial charge on any atom is -0.494 e. The van der Waals surface area contributed by atoms with E-state index in [-0.39, 0.29) is 0 Å². The van der Waals surface area contributed by atoms with Crippen molar-refractivity contribution in [2.24, 2.45) is 0 Å². The van der Waals surface area contributed by atoms with Gasteiger partial charge in [-0.15, -0.1) is 0 Å². The van der Waals surface area contributed by atoms with Gasteiger partial charge in [-0.2, -0.15) is 0 Å². The van der Waals surface area contributed by atoms with E-state index < -0.39 is 0 Å². The fraction of sp³-hybridized carbons (Fsp3) is 0.625. The monoisotopic (exact) mass is 249 g/mol. The Morgan fingerprint density at radius 3 is 2.50 bits per heavy atom. The summed E-state index contributed by atoms with van der Waals surface area (Å²) >= 11 is 0. The zero-order chi connectivity index (χ0) is 13.2. The van der Waals surface area contributed by atoms with Gasteiger partial charge in [-0.1, -0.05) is 26.0 Å². The molecule has 18 heavy (non-hydrogen) atoms. The molecule has 0 unspecified atom stereocenters. The molecule has 1 aromatic rings. The second-order valence-electron chi connectivity index (χ2n) is 4.75. The minimum absolute atomic E-state index is 0.835. The van der Waals surface area contributed by atoms with Gasteiger partial charge < -0.3 is 9.64 Å². The number of unbranched alkanes of at least 4 members (excludes halogenated alkanes) is 2. The van der Waals surface area contributed by atoms with Crippen LogP contribution in [-0.4, -0.2) is 31.1 Å². The van der Waals surface area contributed by atoms with E-state index in [9.17, 15) is 0 Å². The highest BCUT2D eigenvalue weighted by atomic mass is 16.5. The number of benzene rings is 1. The van der Waals surface area contributed by atoms with Crippen molar-refractivity contribution in [2.45, 2.75) is 40.0 Å². The Hall–Kier alpha value is -1.02. The second-order valence-corrected chi connectivity index (χ2v) is 4.75. The Morgan fingerprint density at radius 1 is 1.06 bits per heavy atom. The third kappa shape index (κ3) is 6.06. The Labute approximate surface area is 112 Å².